The van der Waals surface area contributed by atoms with Gasteiger partial charge in [-0.05, 0) is 13.8 Å². The van der Waals surface area contributed by atoms with Crippen molar-refractivity contribution in [1.29, 1.82) is 0 Å². The third-order valence-corrected chi connectivity index (χ3v) is 1.22. The van der Waals surface area contributed by atoms with Crippen molar-refractivity contribution in [2.75, 3.05) is 0 Å². The SMILES string of the molecule is C\C=C/C=C\C(=C/C)C(F)(F)F. The zero-order chi connectivity index (χ0) is 9.61. The second kappa shape index (κ2) is 4.80. The second-order valence-electron chi connectivity index (χ2n) is 2.13. The molecule has 0 rings (SSSR count). The van der Waals surface area contributed by atoms with Crippen molar-refractivity contribution in [2.24, 2.45) is 0 Å². The molecule has 0 spiro atoms. The fraction of sp³-hybridized carbons (Fsp3) is 0.333. The van der Waals surface area contributed by atoms with Crippen LogP contribution in [0.2, 0.25) is 0 Å². The molecule has 0 aliphatic rings. The third kappa shape index (κ3) is 4.01. The van der Waals surface area contributed by atoms with Crippen LogP contribution in [0.1, 0.15) is 13.8 Å². The zero-order valence-electron chi connectivity index (χ0n) is 7.02. The Balaban J connectivity index is 4.41. The Labute approximate surface area is 70.1 Å². The van der Waals surface area contributed by atoms with Crippen molar-refractivity contribution in [3.05, 3.63) is 36.0 Å². The van der Waals surface area contributed by atoms with E-state index in [1.165, 1.54) is 13.0 Å². The summed E-state index contributed by atoms with van der Waals surface area (Å²) in [7, 11) is 0. The molecule has 0 radical (unpaired) electrons. The second-order valence-corrected chi connectivity index (χ2v) is 2.13. The molecule has 0 aromatic carbocycles. The Morgan fingerprint density at radius 3 is 2.00 bits per heavy atom. The highest BCUT2D eigenvalue weighted by Crippen LogP contribution is 2.26. The molecule has 0 atom stereocenters. The zero-order valence-corrected chi connectivity index (χ0v) is 7.02. The van der Waals surface area contributed by atoms with Gasteiger partial charge in [0, 0.05) is 0 Å². The van der Waals surface area contributed by atoms with Gasteiger partial charge in [0.1, 0.15) is 0 Å². The van der Waals surface area contributed by atoms with Crippen molar-refractivity contribution in [1.82, 2.24) is 0 Å². The molecule has 3 heteroatoms. The van der Waals surface area contributed by atoms with E-state index in [-0.39, 0.29) is 0 Å². The number of rotatable bonds is 2. The van der Waals surface area contributed by atoms with E-state index in [9.17, 15) is 13.2 Å². The van der Waals surface area contributed by atoms with Crippen molar-refractivity contribution in [2.45, 2.75) is 20.0 Å². The van der Waals surface area contributed by atoms with Gasteiger partial charge in [-0.15, -0.1) is 0 Å². The van der Waals surface area contributed by atoms with E-state index in [1.807, 2.05) is 0 Å². The summed E-state index contributed by atoms with van der Waals surface area (Å²) in [6.45, 7) is 3.11. The monoisotopic (exact) mass is 176 g/mol. The predicted molar refractivity (Wildman–Crippen MR) is 43.8 cm³/mol. The minimum Gasteiger partial charge on any atom is -0.166 e. The molecule has 0 aromatic rings. The largest absolute Gasteiger partial charge is 0.416 e. The van der Waals surface area contributed by atoms with Gasteiger partial charge in [0.05, 0.1) is 5.57 Å². The molecule has 0 fully saturated rings. The third-order valence-electron chi connectivity index (χ3n) is 1.22. The van der Waals surface area contributed by atoms with E-state index in [0.717, 1.165) is 12.2 Å². The first-order valence-corrected chi connectivity index (χ1v) is 3.55. The quantitative estimate of drug-likeness (QED) is 0.563. The molecule has 0 saturated heterocycles. The van der Waals surface area contributed by atoms with Crippen molar-refractivity contribution >= 4 is 0 Å². The lowest BCUT2D eigenvalue weighted by molar-refractivity contribution is -0.0883. The Kier molecular flexibility index (Phi) is 4.40. The minimum absolute atomic E-state index is 0.624. The first-order valence-electron chi connectivity index (χ1n) is 3.55. The molecule has 0 aromatic heterocycles. The van der Waals surface area contributed by atoms with Gasteiger partial charge in [-0.1, -0.05) is 30.4 Å². The van der Waals surface area contributed by atoms with E-state index in [4.69, 9.17) is 0 Å². The van der Waals surface area contributed by atoms with E-state index in [0.29, 0.717) is 0 Å². The fourth-order valence-corrected chi connectivity index (χ4v) is 0.625. The Hall–Kier alpha value is -0.990. The molecule has 0 aliphatic carbocycles. The molecule has 68 valence electrons. The minimum atomic E-state index is -4.24. The molecular weight excluding hydrogens is 165 g/mol. The van der Waals surface area contributed by atoms with E-state index in [2.05, 4.69) is 0 Å². The fourth-order valence-electron chi connectivity index (χ4n) is 0.625. The summed E-state index contributed by atoms with van der Waals surface area (Å²) >= 11 is 0. The van der Waals surface area contributed by atoms with E-state index in [1.54, 1.807) is 19.1 Å². The van der Waals surface area contributed by atoms with Crippen LogP contribution in [0.5, 0.6) is 0 Å². The van der Waals surface area contributed by atoms with Crippen LogP contribution in [0.25, 0.3) is 0 Å². The van der Waals surface area contributed by atoms with Gasteiger partial charge in [0.15, 0.2) is 0 Å². The van der Waals surface area contributed by atoms with Gasteiger partial charge in [0.25, 0.3) is 0 Å². The molecule has 0 amide bonds. The molecule has 0 saturated carbocycles. The Morgan fingerprint density at radius 2 is 1.67 bits per heavy atom. The van der Waals surface area contributed by atoms with Crippen LogP contribution in [0.3, 0.4) is 0 Å². The van der Waals surface area contributed by atoms with Crippen LogP contribution in [-0.4, -0.2) is 6.18 Å². The average molecular weight is 176 g/mol. The average Bonchev–Trinajstić information content (AvgIpc) is 1.95. The van der Waals surface area contributed by atoms with Gasteiger partial charge < -0.3 is 0 Å². The highest BCUT2D eigenvalue weighted by Gasteiger charge is 2.30. The lowest BCUT2D eigenvalue weighted by Crippen LogP contribution is -2.09. The lowest BCUT2D eigenvalue weighted by Gasteiger charge is -2.05. The van der Waals surface area contributed by atoms with Gasteiger partial charge >= 0.3 is 6.18 Å². The standard InChI is InChI=1S/C9H11F3/c1-3-5-6-7-8(4-2)9(10,11)12/h3-7H,1-2H3/b5-3-,7-6-,8-4+. The van der Waals surface area contributed by atoms with Crippen molar-refractivity contribution in [3.8, 4) is 0 Å². The van der Waals surface area contributed by atoms with Crippen LogP contribution in [0.15, 0.2) is 36.0 Å². The lowest BCUT2D eigenvalue weighted by atomic mass is 10.2. The number of halogens is 3. The summed E-state index contributed by atoms with van der Waals surface area (Å²) in [6.07, 6.45) is 2.42. The number of hydrogen-bond acceptors (Lipinski definition) is 0. The van der Waals surface area contributed by atoms with Gasteiger partial charge in [-0.25, -0.2) is 0 Å². The summed E-state index contributed by atoms with van der Waals surface area (Å²) in [6, 6.07) is 0. The van der Waals surface area contributed by atoms with Crippen LogP contribution >= 0.6 is 0 Å². The summed E-state index contributed by atoms with van der Waals surface area (Å²) in [5, 5.41) is 0. The Bertz CT molecular complexity index is 206. The first kappa shape index (κ1) is 11.0. The predicted octanol–water partition coefficient (Wildman–Crippen LogP) is 3.63. The summed E-state index contributed by atoms with van der Waals surface area (Å²) < 4.78 is 36.0. The smallest absolute Gasteiger partial charge is 0.166 e. The molecule has 0 bridgehead atoms. The highest BCUT2D eigenvalue weighted by molar-refractivity contribution is 5.25. The van der Waals surface area contributed by atoms with Gasteiger partial charge in [-0.2, -0.15) is 13.2 Å². The van der Waals surface area contributed by atoms with Crippen LogP contribution in [0, 0.1) is 0 Å². The molecule has 0 unspecified atom stereocenters. The highest BCUT2D eigenvalue weighted by atomic mass is 19.4. The van der Waals surface area contributed by atoms with Crippen molar-refractivity contribution < 1.29 is 13.2 Å². The first-order chi connectivity index (χ1) is 5.52. The number of hydrogen-bond donors (Lipinski definition) is 0. The number of alkyl halides is 3. The Morgan fingerprint density at radius 1 is 1.08 bits per heavy atom. The van der Waals surface area contributed by atoms with Crippen LogP contribution < -0.4 is 0 Å². The van der Waals surface area contributed by atoms with Gasteiger partial charge in [-0.3, -0.25) is 0 Å². The summed E-state index contributed by atoms with van der Waals surface area (Å²) in [5.74, 6) is 0. The normalized spacial score (nSPS) is 14.9. The maximum absolute atomic E-state index is 12.0. The molecule has 0 heterocycles. The maximum atomic E-state index is 12.0. The molecule has 0 N–H and O–H groups in total. The molecule has 0 nitrogen and oxygen atoms in total. The van der Waals surface area contributed by atoms with Crippen LogP contribution in [0.4, 0.5) is 13.2 Å². The topological polar surface area (TPSA) is 0 Å². The van der Waals surface area contributed by atoms with E-state index >= 15 is 0 Å². The van der Waals surface area contributed by atoms with Crippen LogP contribution in [-0.2, 0) is 0 Å². The molecule has 12 heavy (non-hydrogen) atoms. The number of allylic oxidation sites excluding steroid dienone is 6. The maximum Gasteiger partial charge on any atom is 0.416 e. The molecular formula is C9H11F3. The van der Waals surface area contributed by atoms with Gasteiger partial charge in [0.2, 0.25) is 0 Å². The molecule has 0 aliphatic heterocycles. The summed E-state index contributed by atoms with van der Waals surface area (Å²) in [4.78, 5) is 0. The van der Waals surface area contributed by atoms with Crippen molar-refractivity contribution in [3.63, 3.8) is 0 Å². The summed E-state index contributed by atoms with van der Waals surface area (Å²) in [5.41, 5.74) is -0.624. The van der Waals surface area contributed by atoms with E-state index < -0.39 is 11.7 Å².